The fourth-order valence-corrected chi connectivity index (χ4v) is 3.93. The summed E-state index contributed by atoms with van der Waals surface area (Å²) in [6.45, 7) is 2.64. The molecular weight excluding hydrogens is 302 g/mol. The predicted molar refractivity (Wildman–Crippen MR) is 78.1 cm³/mol. The topological polar surface area (TPSA) is 86.9 Å². The van der Waals surface area contributed by atoms with Crippen LogP contribution in [0.2, 0.25) is 5.02 Å². The molecule has 1 aromatic carbocycles. The minimum atomic E-state index is -3.59. The summed E-state index contributed by atoms with van der Waals surface area (Å²) in [6.07, 6.45) is 0. The number of anilines is 1. The van der Waals surface area contributed by atoms with Crippen molar-refractivity contribution in [3.8, 4) is 0 Å². The summed E-state index contributed by atoms with van der Waals surface area (Å²) in [5, 5.41) is 9.29. The van der Waals surface area contributed by atoms with Crippen molar-refractivity contribution >= 4 is 27.3 Å². The Morgan fingerprint density at radius 3 is 2.45 bits per heavy atom. The summed E-state index contributed by atoms with van der Waals surface area (Å²) < 4.78 is 26.5. The van der Waals surface area contributed by atoms with E-state index in [9.17, 15) is 8.42 Å². The molecule has 0 radical (unpaired) electrons. The lowest BCUT2D eigenvalue weighted by molar-refractivity contribution is 0.151. The van der Waals surface area contributed by atoms with Crippen molar-refractivity contribution in [2.45, 2.75) is 4.90 Å². The number of aliphatic hydroxyl groups excluding tert-OH is 1. The number of aliphatic hydroxyl groups is 1. The molecule has 20 heavy (non-hydrogen) atoms. The molecule has 0 aromatic heterocycles. The minimum Gasteiger partial charge on any atom is -0.398 e. The van der Waals surface area contributed by atoms with Gasteiger partial charge in [-0.1, -0.05) is 11.6 Å². The van der Waals surface area contributed by atoms with E-state index in [1.54, 1.807) is 0 Å². The first-order chi connectivity index (χ1) is 9.45. The van der Waals surface area contributed by atoms with Gasteiger partial charge in [0.1, 0.15) is 4.90 Å². The van der Waals surface area contributed by atoms with Crippen molar-refractivity contribution in [2.75, 3.05) is 45.1 Å². The number of hydrogen-bond donors (Lipinski definition) is 2. The Hall–Kier alpha value is -0.860. The number of rotatable bonds is 4. The van der Waals surface area contributed by atoms with Crippen LogP contribution in [0.5, 0.6) is 0 Å². The maximum atomic E-state index is 12.5. The van der Waals surface area contributed by atoms with Crippen molar-refractivity contribution < 1.29 is 13.5 Å². The summed E-state index contributed by atoms with van der Waals surface area (Å²) in [5.41, 5.74) is 5.92. The lowest BCUT2D eigenvalue weighted by atomic mass is 10.3. The molecule has 8 heteroatoms. The van der Waals surface area contributed by atoms with E-state index in [2.05, 4.69) is 0 Å². The second kappa shape index (κ2) is 6.28. The number of nitrogens with two attached hydrogens (primary N) is 1. The molecule has 2 rings (SSSR count). The van der Waals surface area contributed by atoms with E-state index in [1.165, 1.54) is 22.5 Å². The van der Waals surface area contributed by atoms with Gasteiger partial charge in [0.25, 0.3) is 0 Å². The normalized spacial score (nSPS) is 18.3. The second-order valence-electron chi connectivity index (χ2n) is 4.65. The molecule has 1 aliphatic rings. The summed E-state index contributed by atoms with van der Waals surface area (Å²) in [7, 11) is -3.59. The first-order valence-electron chi connectivity index (χ1n) is 6.33. The zero-order chi connectivity index (χ0) is 14.8. The molecular formula is C12H18ClN3O3S. The average molecular weight is 320 g/mol. The Bertz CT molecular complexity index is 571. The van der Waals surface area contributed by atoms with Crippen molar-refractivity contribution in [3.05, 3.63) is 23.2 Å². The minimum absolute atomic E-state index is 0.0802. The van der Waals surface area contributed by atoms with Gasteiger partial charge in [0.15, 0.2) is 0 Å². The number of nitrogens with zero attached hydrogens (tertiary/aromatic N) is 2. The van der Waals surface area contributed by atoms with Crippen molar-refractivity contribution in [1.29, 1.82) is 0 Å². The molecule has 0 atom stereocenters. The van der Waals surface area contributed by atoms with Gasteiger partial charge in [-0.3, -0.25) is 4.90 Å². The number of hydrogen-bond acceptors (Lipinski definition) is 5. The smallest absolute Gasteiger partial charge is 0.245 e. The molecule has 0 unspecified atom stereocenters. The molecule has 0 aliphatic carbocycles. The molecule has 3 N–H and O–H groups in total. The van der Waals surface area contributed by atoms with E-state index < -0.39 is 10.0 Å². The van der Waals surface area contributed by atoms with Crippen LogP contribution >= 0.6 is 11.6 Å². The third-order valence-electron chi connectivity index (χ3n) is 3.34. The molecule has 0 saturated carbocycles. The maximum absolute atomic E-state index is 12.5. The lowest BCUT2D eigenvalue weighted by Crippen LogP contribution is -2.49. The van der Waals surface area contributed by atoms with E-state index in [4.69, 9.17) is 22.4 Å². The van der Waals surface area contributed by atoms with Gasteiger partial charge in [0.05, 0.1) is 12.3 Å². The Labute approximate surface area is 123 Å². The van der Waals surface area contributed by atoms with Crippen LogP contribution in [0.1, 0.15) is 0 Å². The van der Waals surface area contributed by atoms with Crippen molar-refractivity contribution in [1.82, 2.24) is 9.21 Å². The average Bonchev–Trinajstić information content (AvgIpc) is 2.39. The molecule has 1 aliphatic heterocycles. The zero-order valence-corrected chi connectivity index (χ0v) is 12.6. The number of sulfonamides is 1. The fourth-order valence-electron chi connectivity index (χ4n) is 2.23. The Morgan fingerprint density at radius 2 is 1.90 bits per heavy atom. The Balaban J connectivity index is 2.15. The van der Waals surface area contributed by atoms with Crippen LogP contribution in [-0.2, 0) is 10.0 Å². The van der Waals surface area contributed by atoms with Gasteiger partial charge < -0.3 is 10.8 Å². The first kappa shape index (κ1) is 15.5. The third kappa shape index (κ3) is 3.24. The largest absolute Gasteiger partial charge is 0.398 e. The molecule has 1 heterocycles. The van der Waals surface area contributed by atoms with Crippen LogP contribution in [0.15, 0.2) is 23.1 Å². The quantitative estimate of drug-likeness (QED) is 0.775. The maximum Gasteiger partial charge on any atom is 0.245 e. The van der Waals surface area contributed by atoms with Gasteiger partial charge in [-0.05, 0) is 18.2 Å². The number of piperazine rings is 1. The van der Waals surface area contributed by atoms with Crippen molar-refractivity contribution in [2.24, 2.45) is 0 Å². The molecule has 1 aromatic rings. The molecule has 6 nitrogen and oxygen atoms in total. The molecule has 1 saturated heterocycles. The molecule has 0 bridgehead atoms. The Kier molecular flexibility index (Phi) is 4.87. The Morgan fingerprint density at radius 1 is 1.25 bits per heavy atom. The van der Waals surface area contributed by atoms with Crippen LogP contribution in [0.3, 0.4) is 0 Å². The predicted octanol–water partition coefficient (Wildman–Crippen LogP) is 0.221. The van der Waals surface area contributed by atoms with E-state index in [0.29, 0.717) is 37.7 Å². The van der Waals surface area contributed by atoms with E-state index >= 15 is 0 Å². The molecule has 0 spiro atoms. The molecule has 112 valence electrons. The van der Waals surface area contributed by atoms with E-state index in [0.717, 1.165) is 0 Å². The number of benzene rings is 1. The summed E-state index contributed by atoms with van der Waals surface area (Å²) in [4.78, 5) is 2.12. The summed E-state index contributed by atoms with van der Waals surface area (Å²) in [5.74, 6) is 0. The van der Waals surface area contributed by atoms with Gasteiger partial charge in [0, 0.05) is 37.7 Å². The van der Waals surface area contributed by atoms with Crippen LogP contribution in [0.4, 0.5) is 5.69 Å². The fraction of sp³-hybridized carbons (Fsp3) is 0.500. The zero-order valence-electron chi connectivity index (χ0n) is 11.0. The number of nitrogen functional groups attached to an aromatic ring is 1. The van der Waals surface area contributed by atoms with Crippen LogP contribution in [0.25, 0.3) is 0 Å². The number of β-amino-alcohol motifs (C(OH)–C–C–N with tert-alkyl or cyclic N) is 1. The van der Waals surface area contributed by atoms with Crippen LogP contribution in [0, 0.1) is 0 Å². The van der Waals surface area contributed by atoms with Gasteiger partial charge in [-0.15, -0.1) is 0 Å². The monoisotopic (exact) mass is 319 g/mol. The number of halogens is 1. The SMILES string of the molecule is Nc1cc(Cl)ccc1S(=O)(=O)N1CCN(CCO)CC1. The van der Waals surface area contributed by atoms with Crippen molar-refractivity contribution in [3.63, 3.8) is 0 Å². The van der Waals surface area contributed by atoms with E-state index in [1.807, 2.05) is 4.90 Å². The van der Waals surface area contributed by atoms with Gasteiger partial charge in [0.2, 0.25) is 10.0 Å². The molecule has 0 amide bonds. The van der Waals surface area contributed by atoms with Gasteiger partial charge >= 0.3 is 0 Å². The molecule has 1 fully saturated rings. The third-order valence-corrected chi connectivity index (χ3v) is 5.54. The first-order valence-corrected chi connectivity index (χ1v) is 8.15. The van der Waals surface area contributed by atoms with Crippen LogP contribution < -0.4 is 5.73 Å². The van der Waals surface area contributed by atoms with Gasteiger partial charge in [-0.2, -0.15) is 4.31 Å². The highest BCUT2D eigenvalue weighted by atomic mass is 35.5. The highest BCUT2D eigenvalue weighted by Gasteiger charge is 2.29. The summed E-state index contributed by atoms with van der Waals surface area (Å²) in [6, 6.07) is 4.40. The highest BCUT2D eigenvalue weighted by molar-refractivity contribution is 7.89. The highest BCUT2D eigenvalue weighted by Crippen LogP contribution is 2.26. The van der Waals surface area contributed by atoms with Crippen LogP contribution in [-0.4, -0.2) is 62.1 Å². The standard InChI is InChI=1S/C12H18ClN3O3S/c13-10-1-2-12(11(14)9-10)20(18,19)16-5-3-15(4-6-16)7-8-17/h1-2,9,17H,3-8,14H2. The van der Waals surface area contributed by atoms with E-state index in [-0.39, 0.29) is 17.2 Å². The second-order valence-corrected chi connectivity index (χ2v) is 6.99. The van der Waals surface area contributed by atoms with Gasteiger partial charge in [-0.25, -0.2) is 8.42 Å². The summed E-state index contributed by atoms with van der Waals surface area (Å²) >= 11 is 5.79. The lowest BCUT2D eigenvalue weighted by Gasteiger charge is -2.33.